The quantitative estimate of drug-likeness (QED) is 0.476. The summed E-state index contributed by atoms with van der Waals surface area (Å²) in [5.74, 6) is 4.01. The lowest BCUT2D eigenvalue weighted by molar-refractivity contribution is -0.164. The fourth-order valence-corrected chi connectivity index (χ4v) is 1.34. The highest BCUT2D eigenvalue weighted by Gasteiger charge is 2.45. The number of hydrogen-bond acceptors (Lipinski definition) is 3. The second-order valence-electron chi connectivity index (χ2n) is 4.31. The van der Waals surface area contributed by atoms with E-state index >= 15 is 0 Å². The third-order valence-corrected chi connectivity index (χ3v) is 2.70. The summed E-state index contributed by atoms with van der Waals surface area (Å²) in [4.78, 5) is 31.6. The summed E-state index contributed by atoms with van der Waals surface area (Å²) in [6, 6.07) is 0. The van der Waals surface area contributed by atoms with E-state index < -0.39 is 42.1 Å². The molecule has 0 spiro atoms. The third-order valence-electron chi connectivity index (χ3n) is 2.70. The molecule has 0 radical (unpaired) electrons. The summed E-state index contributed by atoms with van der Waals surface area (Å²) in [6.07, 6.45) is 19.2. The molecular formula is C17H16O6. The van der Waals surface area contributed by atoms with E-state index in [1.807, 2.05) is 11.8 Å². The van der Waals surface area contributed by atoms with Crippen LogP contribution in [0.5, 0.6) is 0 Å². The molecule has 0 aliphatic rings. The Bertz CT molecular complexity index is 555. The maximum absolute atomic E-state index is 10.7. The maximum atomic E-state index is 10.7. The second-order valence-corrected chi connectivity index (χ2v) is 4.31. The van der Waals surface area contributed by atoms with E-state index in [-0.39, 0.29) is 12.8 Å². The van der Waals surface area contributed by atoms with Crippen molar-refractivity contribution in [2.45, 2.75) is 25.7 Å². The largest absolute Gasteiger partial charge is 0.481 e. The molecule has 23 heavy (non-hydrogen) atoms. The minimum Gasteiger partial charge on any atom is -0.481 e. The second kappa shape index (κ2) is 11.3. The van der Waals surface area contributed by atoms with Crippen LogP contribution in [-0.2, 0) is 14.4 Å². The van der Waals surface area contributed by atoms with Gasteiger partial charge in [0.05, 0.1) is 5.92 Å². The number of carboxylic acid groups (broad SMARTS) is 3. The molecule has 0 rings (SSSR count). The molecule has 0 aliphatic heterocycles. The Morgan fingerprint density at radius 2 is 1.13 bits per heavy atom. The average molecular weight is 316 g/mol. The van der Waals surface area contributed by atoms with Gasteiger partial charge in [0, 0.05) is 25.7 Å². The van der Waals surface area contributed by atoms with Gasteiger partial charge in [-0.15, -0.1) is 49.4 Å². The molecule has 0 saturated carbocycles. The van der Waals surface area contributed by atoms with Crippen LogP contribution in [0.2, 0.25) is 0 Å². The van der Waals surface area contributed by atoms with Crippen LogP contribution in [0.15, 0.2) is 0 Å². The Balaban J connectivity index is 0. The Labute approximate surface area is 134 Å². The van der Waals surface area contributed by atoms with E-state index in [2.05, 4.69) is 11.8 Å². The van der Waals surface area contributed by atoms with Gasteiger partial charge in [-0.2, -0.15) is 0 Å². The Morgan fingerprint density at radius 3 is 1.30 bits per heavy atom. The monoisotopic (exact) mass is 316 g/mol. The number of carboxylic acids is 3. The van der Waals surface area contributed by atoms with Gasteiger partial charge in [0.2, 0.25) is 0 Å². The Morgan fingerprint density at radius 1 is 0.783 bits per heavy atom. The van der Waals surface area contributed by atoms with Crippen LogP contribution in [0.4, 0.5) is 0 Å². The Kier molecular flexibility index (Phi) is 10.8. The number of terminal acetylenes is 4. The van der Waals surface area contributed by atoms with Gasteiger partial charge < -0.3 is 15.3 Å². The van der Waals surface area contributed by atoms with Gasteiger partial charge in [-0.3, -0.25) is 14.4 Å². The molecule has 0 aliphatic carbocycles. The molecule has 0 unspecified atom stereocenters. The zero-order valence-corrected chi connectivity index (χ0v) is 12.3. The Hall–Kier alpha value is -3.35. The third kappa shape index (κ3) is 7.28. The van der Waals surface area contributed by atoms with Gasteiger partial charge in [-0.1, -0.05) is 0 Å². The summed E-state index contributed by atoms with van der Waals surface area (Å²) in [5, 5.41) is 25.8. The molecule has 120 valence electrons. The summed E-state index contributed by atoms with van der Waals surface area (Å²) in [6.45, 7) is 0. The lowest BCUT2D eigenvalue weighted by atomic mass is 9.82. The maximum Gasteiger partial charge on any atom is 0.323 e. The molecular weight excluding hydrogens is 300 g/mol. The standard InChI is InChI=1S/C9H8O4.C8H8O2/c1-3-5-9(6-4-2,7(10)11)8(12)13;1-3-5-7(6-4-2)8(9)10/h1-2H,5-6H2,(H,10,11)(H,12,13);1-2,7H,5-6H2,(H,9,10). The van der Waals surface area contributed by atoms with Crippen molar-refractivity contribution in [1.82, 2.24) is 0 Å². The fourth-order valence-electron chi connectivity index (χ4n) is 1.34. The number of aliphatic carboxylic acids is 3. The highest BCUT2D eigenvalue weighted by Crippen LogP contribution is 2.26. The molecule has 6 heteroatoms. The summed E-state index contributed by atoms with van der Waals surface area (Å²) in [5.41, 5.74) is -2.04. The molecule has 3 N–H and O–H groups in total. The van der Waals surface area contributed by atoms with E-state index in [9.17, 15) is 14.4 Å². The summed E-state index contributed by atoms with van der Waals surface area (Å²) < 4.78 is 0. The van der Waals surface area contributed by atoms with Crippen LogP contribution >= 0.6 is 0 Å². The highest BCUT2D eigenvalue weighted by molar-refractivity contribution is 5.98. The van der Waals surface area contributed by atoms with Gasteiger partial charge in [0.25, 0.3) is 0 Å². The van der Waals surface area contributed by atoms with Crippen molar-refractivity contribution in [2.24, 2.45) is 11.3 Å². The lowest BCUT2D eigenvalue weighted by Crippen LogP contribution is -2.38. The summed E-state index contributed by atoms with van der Waals surface area (Å²) >= 11 is 0. The molecule has 0 saturated heterocycles. The van der Waals surface area contributed by atoms with Crippen molar-refractivity contribution in [3.8, 4) is 49.4 Å². The molecule has 0 aromatic carbocycles. The van der Waals surface area contributed by atoms with Gasteiger partial charge >= 0.3 is 17.9 Å². The van der Waals surface area contributed by atoms with E-state index in [1.165, 1.54) is 0 Å². The van der Waals surface area contributed by atoms with Crippen molar-refractivity contribution in [3.05, 3.63) is 0 Å². The van der Waals surface area contributed by atoms with Gasteiger partial charge in [0.1, 0.15) is 0 Å². The van der Waals surface area contributed by atoms with E-state index in [0.29, 0.717) is 0 Å². The molecule has 0 amide bonds. The van der Waals surface area contributed by atoms with Crippen molar-refractivity contribution < 1.29 is 29.7 Å². The number of rotatable bonds is 7. The SMILES string of the molecule is C#CCC(CC#C)(C(=O)O)C(=O)O.C#CCC(CC#C)C(=O)O. The van der Waals surface area contributed by atoms with E-state index in [0.717, 1.165) is 0 Å². The zero-order chi connectivity index (χ0) is 18.5. The topological polar surface area (TPSA) is 112 Å². The van der Waals surface area contributed by atoms with E-state index in [1.54, 1.807) is 0 Å². The lowest BCUT2D eigenvalue weighted by Gasteiger charge is -2.19. The van der Waals surface area contributed by atoms with Crippen LogP contribution in [0, 0.1) is 60.7 Å². The molecule has 0 heterocycles. The molecule has 6 nitrogen and oxygen atoms in total. The fraction of sp³-hybridized carbons (Fsp3) is 0.353. The van der Waals surface area contributed by atoms with Crippen LogP contribution in [0.25, 0.3) is 0 Å². The van der Waals surface area contributed by atoms with Crippen molar-refractivity contribution in [1.29, 1.82) is 0 Å². The normalized spacial score (nSPS) is 9.09. The van der Waals surface area contributed by atoms with Gasteiger partial charge in [0.15, 0.2) is 5.41 Å². The molecule has 0 atom stereocenters. The van der Waals surface area contributed by atoms with Crippen LogP contribution in [0.3, 0.4) is 0 Å². The van der Waals surface area contributed by atoms with Crippen molar-refractivity contribution in [3.63, 3.8) is 0 Å². The first kappa shape index (κ1) is 21.9. The number of carbonyl (C=O) groups is 3. The van der Waals surface area contributed by atoms with Crippen LogP contribution in [0.1, 0.15) is 25.7 Å². The first-order valence-corrected chi connectivity index (χ1v) is 6.16. The molecule has 0 aromatic heterocycles. The highest BCUT2D eigenvalue weighted by atomic mass is 16.4. The van der Waals surface area contributed by atoms with Crippen LogP contribution < -0.4 is 0 Å². The molecule has 0 bridgehead atoms. The first-order valence-electron chi connectivity index (χ1n) is 6.16. The van der Waals surface area contributed by atoms with Gasteiger partial charge in [-0.05, 0) is 0 Å². The zero-order valence-electron chi connectivity index (χ0n) is 12.3. The molecule has 0 fully saturated rings. The summed E-state index contributed by atoms with van der Waals surface area (Å²) in [7, 11) is 0. The predicted octanol–water partition coefficient (Wildman–Crippen LogP) is 0.922. The minimum atomic E-state index is -2.04. The minimum absolute atomic E-state index is 0.208. The smallest absolute Gasteiger partial charge is 0.323 e. The van der Waals surface area contributed by atoms with E-state index in [4.69, 9.17) is 41.0 Å². The molecule has 0 aromatic rings. The van der Waals surface area contributed by atoms with Crippen LogP contribution in [-0.4, -0.2) is 33.2 Å². The van der Waals surface area contributed by atoms with Gasteiger partial charge in [-0.25, -0.2) is 0 Å². The average Bonchev–Trinajstić information content (AvgIpc) is 2.46. The first-order chi connectivity index (χ1) is 10.7. The van der Waals surface area contributed by atoms with Crippen molar-refractivity contribution >= 4 is 17.9 Å². The number of hydrogen-bond donors (Lipinski definition) is 3. The predicted molar refractivity (Wildman–Crippen MR) is 82.6 cm³/mol. The van der Waals surface area contributed by atoms with Crippen molar-refractivity contribution in [2.75, 3.05) is 0 Å².